The molecule has 0 saturated carbocycles. The number of hydrogen-bond donors (Lipinski definition) is 1. The van der Waals surface area contributed by atoms with E-state index in [9.17, 15) is 0 Å². The summed E-state index contributed by atoms with van der Waals surface area (Å²) in [6.07, 6.45) is 5.03. The molecule has 19 heavy (non-hydrogen) atoms. The predicted octanol–water partition coefficient (Wildman–Crippen LogP) is 3.21. The number of anilines is 1. The highest BCUT2D eigenvalue weighted by Crippen LogP contribution is 2.30. The van der Waals surface area contributed by atoms with Crippen molar-refractivity contribution in [3.05, 3.63) is 33.2 Å². The maximum Gasteiger partial charge on any atom is 0.133 e. The van der Waals surface area contributed by atoms with E-state index in [0.717, 1.165) is 29.4 Å². The van der Waals surface area contributed by atoms with Gasteiger partial charge in [-0.3, -0.25) is 0 Å². The van der Waals surface area contributed by atoms with Crippen LogP contribution in [0.4, 0.5) is 5.82 Å². The van der Waals surface area contributed by atoms with Crippen LogP contribution in [-0.2, 0) is 12.8 Å². The van der Waals surface area contributed by atoms with E-state index in [2.05, 4.69) is 41.0 Å². The van der Waals surface area contributed by atoms with E-state index in [-0.39, 0.29) is 6.04 Å². The lowest BCUT2D eigenvalue weighted by atomic mass is 10.2. The summed E-state index contributed by atoms with van der Waals surface area (Å²) in [5.74, 6) is 1.00. The third-order valence-electron chi connectivity index (χ3n) is 3.56. The Balaban J connectivity index is 1.86. The van der Waals surface area contributed by atoms with E-state index in [0.29, 0.717) is 0 Å². The molecule has 2 aromatic rings. The molecule has 0 amide bonds. The standard InChI is InChI=1S/C14H18N4S/c1-8-13(19-10(3)17-8)9(2)18-14-11-5-4-6-12(11)15-7-16-14/h7,9H,4-6H2,1-3H3,(H,15,16,18). The van der Waals surface area contributed by atoms with E-state index in [1.165, 1.54) is 22.6 Å². The van der Waals surface area contributed by atoms with Gasteiger partial charge in [0.1, 0.15) is 12.1 Å². The van der Waals surface area contributed by atoms with E-state index in [1.54, 1.807) is 17.7 Å². The van der Waals surface area contributed by atoms with Crippen LogP contribution in [0.15, 0.2) is 6.33 Å². The monoisotopic (exact) mass is 274 g/mol. The average molecular weight is 274 g/mol. The summed E-state index contributed by atoms with van der Waals surface area (Å²) in [6.45, 7) is 6.29. The summed E-state index contributed by atoms with van der Waals surface area (Å²) in [5.41, 5.74) is 3.63. The molecule has 1 N–H and O–H groups in total. The van der Waals surface area contributed by atoms with Crippen LogP contribution in [-0.4, -0.2) is 15.0 Å². The number of rotatable bonds is 3. The molecule has 5 heteroatoms. The Bertz CT molecular complexity index is 605. The molecule has 0 aromatic carbocycles. The lowest BCUT2D eigenvalue weighted by Gasteiger charge is -2.15. The molecule has 1 unspecified atom stereocenters. The first kappa shape index (κ1) is 12.5. The van der Waals surface area contributed by atoms with Crippen LogP contribution in [0.2, 0.25) is 0 Å². The Labute approximate surface area is 117 Å². The predicted molar refractivity (Wildman–Crippen MR) is 77.7 cm³/mol. The van der Waals surface area contributed by atoms with Crippen molar-refractivity contribution in [2.75, 3.05) is 5.32 Å². The first-order valence-electron chi connectivity index (χ1n) is 6.68. The number of hydrogen-bond acceptors (Lipinski definition) is 5. The largest absolute Gasteiger partial charge is 0.362 e. The summed E-state index contributed by atoms with van der Waals surface area (Å²) in [6, 6.07) is 0.241. The first-order chi connectivity index (χ1) is 9.15. The van der Waals surface area contributed by atoms with Crippen LogP contribution in [0.3, 0.4) is 0 Å². The Hall–Kier alpha value is -1.49. The van der Waals surface area contributed by atoms with Gasteiger partial charge in [0, 0.05) is 16.1 Å². The molecule has 0 saturated heterocycles. The van der Waals surface area contributed by atoms with Crippen LogP contribution in [0.5, 0.6) is 0 Å². The van der Waals surface area contributed by atoms with Crippen LogP contribution in [0, 0.1) is 13.8 Å². The van der Waals surface area contributed by atoms with Crippen molar-refractivity contribution in [3.8, 4) is 0 Å². The molecule has 2 heterocycles. The molecule has 1 atom stereocenters. The van der Waals surface area contributed by atoms with Crippen LogP contribution >= 0.6 is 11.3 Å². The molecule has 0 bridgehead atoms. The molecule has 2 aromatic heterocycles. The minimum Gasteiger partial charge on any atom is -0.362 e. The van der Waals surface area contributed by atoms with Gasteiger partial charge in [0.05, 0.1) is 16.7 Å². The zero-order chi connectivity index (χ0) is 13.4. The summed E-state index contributed by atoms with van der Waals surface area (Å²) in [7, 11) is 0. The van der Waals surface area contributed by atoms with E-state index in [4.69, 9.17) is 0 Å². The maximum atomic E-state index is 4.49. The third kappa shape index (κ3) is 2.34. The summed E-state index contributed by atoms with van der Waals surface area (Å²) in [4.78, 5) is 14.6. The minimum atomic E-state index is 0.241. The fraction of sp³-hybridized carbons (Fsp3) is 0.500. The highest BCUT2D eigenvalue weighted by Gasteiger charge is 2.20. The Morgan fingerprint density at radius 1 is 1.26 bits per heavy atom. The molecular weight excluding hydrogens is 256 g/mol. The van der Waals surface area contributed by atoms with Gasteiger partial charge in [-0.2, -0.15) is 0 Å². The van der Waals surface area contributed by atoms with Crippen molar-refractivity contribution in [3.63, 3.8) is 0 Å². The minimum absolute atomic E-state index is 0.241. The van der Waals surface area contributed by atoms with E-state index >= 15 is 0 Å². The van der Waals surface area contributed by atoms with Gasteiger partial charge in [0.25, 0.3) is 0 Å². The van der Waals surface area contributed by atoms with Gasteiger partial charge in [-0.1, -0.05) is 0 Å². The molecule has 100 valence electrons. The Morgan fingerprint density at radius 2 is 2.11 bits per heavy atom. The van der Waals surface area contributed by atoms with Crippen LogP contribution in [0.1, 0.15) is 46.2 Å². The topological polar surface area (TPSA) is 50.7 Å². The van der Waals surface area contributed by atoms with Crippen molar-refractivity contribution < 1.29 is 0 Å². The van der Waals surface area contributed by atoms with Gasteiger partial charge >= 0.3 is 0 Å². The number of thiazole rings is 1. The molecule has 1 aliphatic rings. The van der Waals surface area contributed by atoms with Crippen LogP contribution in [0.25, 0.3) is 0 Å². The summed E-state index contributed by atoms with van der Waals surface area (Å²) < 4.78 is 0. The summed E-state index contributed by atoms with van der Waals surface area (Å²) in [5, 5.41) is 4.65. The summed E-state index contributed by atoms with van der Waals surface area (Å²) >= 11 is 1.76. The molecular formula is C14H18N4S. The lowest BCUT2D eigenvalue weighted by molar-refractivity contribution is 0.867. The number of aryl methyl sites for hydroxylation is 3. The highest BCUT2D eigenvalue weighted by atomic mass is 32.1. The zero-order valence-corrected chi connectivity index (χ0v) is 12.3. The molecule has 4 nitrogen and oxygen atoms in total. The normalized spacial score (nSPS) is 15.3. The van der Waals surface area contributed by atoms with E-state index < -0.39 is 0 Å². The Kier molecular flexibility index (Phi) is 3.22. The molecule has 1 aliphatic carbocycles. The quantitative estimate of drug-likeness (QED) is 0.933. The second kappa shape index (κ2) is 4.89. The SMILES string of the molecule is Cc1nc(C)c(C(C)Nc2ncnc3c2CCC3)s1. The van der Waals surface area contributed by atoms with Crippen molar-refractivity contribution in [2.45, 2.75) is 46.1 Å². The highest BCUT2D eigenvalue weighted by molar-refractivity contribution is 7.11. The van der Waals surface area contributed by atoms with Crippen molar-refractivity contribution in [1.82, 2.24) is 15.0 Å². The van der Waals surface area contributed by atoms with Gasteiger partial charge in [0.2, 0.25) is 0 Å². The fourth-order valence-corrected chi connectivity index (χ4v) is 3.63. The van der Waals surface area contributed by atoms with Gasteiger partial charge < -0.3 is 5.32 Å². The molecule has 0 radical (unpaired) electrons. The van der Waals surface area contributed by atoms with Crippen molar-refractivity contribution in [2.24, 2.45) is 0 Å². The Morgan fingerprint density at radius 3 is 2.84 bits per heavy atom. The van der Waals surface area contributed by atoms with Gasteiger partial charge in [-0.05, 0) is 40.0 Å². The number of fused-ring (bicyclic) bond motifs is 1. The van der Waals surface area contributed by atoms with E-state index in [1.807, 2.05) is 0 Å². The van der Waals surface area contributed by atoms with Crippen molar-refractivity contribution in [1.29, 1.82) is 0 Å². The molecule has 0 fully saturated rings. The third-order valence-corrected chi connectivity index (χ3v) is 4.82. The fourth-order valence-electron chi connectivity index (χ4n) is 2.70. The van der Waals surface area contributed by atoms with Gasteiger partial charge in [-0.15, -0.1) is 11.3 Å². The van der Waals surface area contributed by atoms with Gasteiger partial charge in [0.15, 0.2) is 0 Å². The zero-order valence-electron chi connectivity index (χ0n) is 11.5. The number of aromatic nitrogens is 3. The maximum absolute atomic E-state index is 4.49. The molecule has 0 aliphatic heterocycles. The lowest BCUT2D eigenvalue weighted by Crippen LogP contribution is -2.10. The molecule has 0 spiro atoms. The first-order valence-corrected chi connectivity index (χ1v) is 7.50. The number of nitrogens with zero attached hydrogens (tertiary/aromatic N) is 3. The second-order valence-electron chi connectivity index (χ2n) is 5.05. The van der Waals surface area contributed by atoms with Gasteiger partial charge in [-0.25, -0.2) is 15.0 Å². The molecule has 3 rings (SSSR count). The van der Waals surface area contributed by atoms with Crippen molar-refractivity contribution >= 4 is 17.2 Å². The smallest absolute Gasteiger partial charge is 0.133 e. The van der Waals surface area contributed by atoms with Crippen LogP contribution < -0.4 is 5.32 Å². The number of nitrogens with one attached hydrogen (secondary N) is 1. The second-order valence-corrected chi connectivity index (χ2v) is 6.28. The average Bonchev–Trinajstić information content (AvgIpc) is 2.96.